The predicted octanol–water partition coefficient (Wildman–Crippen LogP) is 4.20. The first-order chi connectivity index (χ1) is 17.0. The van der Waals surface area contributed by atoms with Gasteiger partial charge in [0.2, 0.25) is 0 Å². The number of nitro benzene ring substituents is 1. The lowest BCUT2D eigenvalue weighted by molar-refractivity contribution is -0.383. The number of amides is 1. The second kappa shape index (κ2) is 9.80. The summed E-state index contributed by atoms with van der Waals surface area (Å²) in [6.45, 7) is 8.59. The van der Waals surface area contributed by atoms with Crippen LogP contribution in [0.1, 0.15) is 27.7 Å². The number of aryl methyl sites for hydroxylation is 1. The third-order valence-corrected chi connectivity index (χ3v) is 5.73. The van der Waals surface area contributed by atoms with Gasteiger partial charge in [-0.05, 0) is 38.3 Å². The largest absolute Gasteiger partial charge is 0.444 e. The van der Waals surface area contributed by atoms with Crippen molar-refractivity contribution in [3.05, 3.63) is 53.1 Å². The highest BCUT2D eigenvalue weighted by Gasteiger charge is 2.35. The molecule has 2 atom stereocenters. The second-order valence-electron chi connectivity index (χ2n) is 9.92. The molecular formula is C24H30N8O4. The van der Waals surface area contributed by atoms with E-state index in [1.54, 1.807) is 47.4 Å². The van der Waals surface area contributed by atoms with Gasteiger partial charge in [-0.25, -0.2) is 9.78 Å². The summed E-state index contributed by atoms with van der Waals surface area (Å²) in [6.07, 6.45) is 6.17. The summed E-state index contributed by atoms with van der Waals surface area (Å²) in [5.41, 5.74) is 1.12. The van der Waals surface area contributed by atoms with Crippen molar-refractivity contribution in [2.75, 3.05) is 23.7 Å². The second-order valence-corrected chi connectivity index (χ2v) is 9.92. The van der Waals surface area contributed by atoms with E-state index in [2.05, 4.69) is 25.7 Å². The lowest BCUT2D eigenvalue weighted by Crippen LogP contribution is -2.36. The van der Waals surface area contributed by atoms with Gasteiger partial charge in [0, 0.05) is 44.0 Å². The highest BCUT2D eigenvalue weighted by Crippen LogP contribution is 2.32. The molecule has 0 radical (unpaired) electrons. The van der Waals surface area contributed by atoms with Gasteiger partial charge in [-0.2, -0.15) is 5.10 Å². The van der Waals surface area contributed by atoms with Crippen LogP contribution in [0.15, 0.2) is 43.0 Å². The Morgan fingerprint density at radius 2 is 1.92 bits per heavy atom. The summed E-state index contributed by atoms with van der Waals surface area (Å²) in [7, 11) is 1.79. The van der Waals surface area contributed by atoms with E-state index < -0.39 is 10.5 Å². The number of hydrogen-bond donors (Lipinski definition) is 2. The molecule has 0 saturated carbocycles. The van der Waals surface area contributed by atoms with Crippen LogP contribution >= 0.6 is 0 Å². The van der Waals surface area contributed by atoms with Crippen molar-refractivity contribution in [2.45, 2.75) is 39.3 Å². The van der Waals surface area contributed by atoms with E-state index in [4.69, 9.17) is 4.74 Å². The van der Waals surface area contributed by atoms with Crippen molar-refractivity contribution < 1.29 is 14.5 Å². The minimum atomic E-state index is -0.559. The zero-order chi connectivity index (χ0) is 26.0. The van der Waals surface area contributed by atoms with Gasteiger partial charge in [0.25, 0.3) is 5.69 Å². The smallest absolute Gasteiger partial charge is 0.410 e. The molecule has 1 fully saturated rings. The molecule has 1 aliphatic heterocycles. The van der Waals surface area contributed by atoms with E-state index in [1.165, 1.54) is 12.3 Å². The van der Waals surface area contributed by atoms with Crippen molar-refractivity contribution in [1.82, 2.24) is 24.6 Å². The fraction of sp³-hybridized carbons (Fsp3) is 0.417. The van der Waals surface area contributed by atoms with Crippen LogP contribution in [0, 0.1) is 16.0 Å². The zero-order valence-electron chi connectivity index (χ0n) is 20.9. The number of benzene rings is 1. The van der Waals surface area contributed by atoms with Crippen molar-refractivity contribution in [3.8, 4) is 11.1 Å². The molecule has 1 aliphatic rings. The average molecular weight is 495 g/mol. The van der Waals surface area contributed by atoms with Crippen LogP contribution in [0.25, 0.3) is 11.1 Å². The SMILES string of the molecule is CC1CN(C(=O)OC(C)(C)C)CC1Nc1cncc(Nc2ccc(-c3cnn(C)c3)cc2[N+](=O)[O-])n1. The number of carbonyl (C=O) groups is 1. The van der Waals surface area contributed by atoms with E-state index in [9.17, 15) is 14.9 Å². The quantitative estimate of drug-likeness (QED) is 0.381. The van der Waals surface area contributed by atoms with Crippen LogP contribution < -0.4 is 10.6 Å². The summed E-state index contributed by atoms with van der Waals surface area (Å²) in [5.74, 6) is 1.02. The third kappa shape index (κ3) is 5.88. The number of nitrogens with one attached hydrogen (secondary N) is 2. The average Bonchev–Trinajstić information content (AvgIpc) is 3.39. The Hall–Kier alpha value is -4.22. The molecule has 3 aromatic rings. The first-order valence-electron chi connectivity index (χ1n) is 11.6. The fourth-order valence-corrected chi connectivity index (χ4v) is 3.99. The molecule has 2 aromatic heterocycles. The number of hydrogen-bond acceptors (Lipinski definition) is 9. The van der Waals surface area contributed by atoms with Gasteiger partial charge in [0.05, 0.1) is 23.5 Å². The van der Waals surface area contributed by atoms with Gasteiger partial charge < -0.3 is 20.3 Å². The fourth-order valence-electron chi connectivity index (χ4n) is 3.99. The van der Waals surface area contributed by atoms with E-state index >= 15 is 0 Å². The first-order valence-corrected chi connectivity index (χ1v) is 11.6. The molecule has 12 heteroatoms. The molecular weight excluding hydrogens is 464 g/mol. The molecule has 0 bridgehead atoms. The minimum absolute atomic E-state index is 0.0461. The molecule has 0 spiro atoms. The van der Waals surface area contributed by atoms with Gasteiger partial charge in [0.15, 0.2) is 5.82 Å². The maximum absolute atomic E-state index is 12.4. The summed E-state index contributed by atoms with van der Waals surface area (Å²) in [6, 6.07) is 4.88. The van der Waals surface area contributed by atoms with E-state index in [0.29, 0.717) is 36.0 Å². The lowest BCUT2D eigenvalue weighted by atomic mass is 10.1. The summed E-state index contributed by atoms with van der Waals surface area (Å²) in [4.78, 5) is 34.2. The summed E-state index contributed by atoms with van der Waals surface area (Å²) >= 11 is 0. The number of anilines is 3. The Kier molecular flexibility index (Phi) is 6.77. The number of likely N-dealkylation sites (tertiary alicyclic amines) is 1. The Balaban J connectivity index is 1.47. The van der Waals surface area contributed by atoms with Crippen LogP contribution in [-0.4, -0.2) is 60.4 Å². The predicted molar refractivity (Wildman–Crippen MR) is 135 cm³/mol. The first kappa shape index (κ1) is 24.9. The molecule has 0 aliphatic carbocycles. The standard InChI is InChI=1S/C24H30N8O4/c1-15-12-31(23(33)36-24(2,3)4)14-19(15)28-22-11-25-10-21(29-22)27-18-7-6-16(8-20(18)32(34)35)17-9-26-30(5)13-17/h6-11,13,15,19H,12,14H2,1-5H3,(H2,27,28,29). The Morgan fingerprint density at radius 1 is 1.17 bits per heavy atom. The monoisotopic (exact) mass is 494 g/mol. The van der Waals surface area contributed by atoms with Gasteiger partial charge in [-0.1, -0.05) is 13.0 Å². The van der Waals surface area contributed by atoms with Crippen LogP contribution in [0.5, 0.6) is 0 Å². The molecule has 190 valence electrons. The van der Waals surface area contributed by atoms with E-state index in [1.807, 2.05) is 27.7 Å². The van der Waals surface area contributed by atoms with Crippen molar-refractivity contribution in [2.24, 2.45) is 13.0 Å². The number of carbonyl (C=O) groups excluding carboxylic acids is 1. The molecule has 2 unspecified atom stereocenters. The third-order valence-electron chi connectivity index (χ3n) is 5.73. The molecule has 2 N–H and O–H groups in total. The molecule has 1 saturated heterocycles. The van der Waals surface area contributed by atoms with Gasteiger partial charge in [-0.15, -0.1) is 0 Å². The van der Waals surface area contributed by atoms with Gasteiger partial charge in [0.1, 0.15) is 17.1 Å². The molecule has 1 aromatic carbocycles. The Labute approximate surface area is 208 Å². The van der Waals surface area contributed by atoms with E-state index in [0.717, 1.165) is 5.56 Å². The van der Waals surface area contributed by atoms with Crippen LogP contribution in [0.3, 0.4) is 0 Å². The van der Waals surface area contributed by atoms with Crippen LogP contribution in [0.4, 0.5) is 27.8 Å². The van der Waals surface area contributed by atoms with Crippen LogP contribution in [0.2, 0.25) is 0 Å². The highest BCUT2D eigenvalue weighted by atomic mass is 16.6. The van der Waals surface area contributed by atoms with Crippen molar-refractivity contribution in [1.29, 1.82) is 0 Å². The number of nitro groups is 1. The number of ether oxygens (including phenoxy) is 1. The Bertz CT molecular complexity index is 1270. The van der Waals surface area contributed by atoms with Gasteiger partial charge in [-0.3, -0.25) is 19.8 Å². The molecule has 36 heavy (non-hydrogen) atoms. The maximum atomic E-state index is 12.4. The summed E-state index contributed by atoms with van der Waals surface area (Å²) in [5, 5.41) is 22.2. The van der Waals surface area contributed by atoms with Crippen molar-refractivity contribution >= 4 is 29.1 Å². The molecule has 12 nitrogen and oxygen atoms in total. The maximum Gasteiger partial charge on any atom is 0.410 e. The van der Waals surface area contributed by atoms with Gasteiger partial charge >= 0.3 is 6.09 Å². The molecule has 4 rings (SSSR count). The number of nitrogens with zero attached hydrogens (tertiary/aromatic N) is 6. The topological polar surface area (TPSA) is 140 Å². The summed E-state index contributed by atoms with van der Waals surface area (Å²) < 4.78 is 7.12. The zero-order valence-corrected chi connectivity index (χ0v) is 20.9. The molecule has 3 heterocycles. The van der Waals surface area contributed by atoms with E-state index in [-0.39, 0.29) is 23.7 Å². The highest BCUT2D eigenvalue weighted by molar-refractivity contribution is 5.75. The number of rotatable bonds is 6. The number of aromatic nitrogens is 4. The lowest BCUT2D eigenvalue weighted by Gasteiger charge is -2.24. The normalized spacial score (nSPS) is 17.6. The van der Waals surface area contributed by atoms with Crippen molar-refractivity contribution in [3.63, 3.8) is 0 Å². The minimum Gasteiger partial charge on any atom is -0.444 e. The van der Waals surface area contributed by atoms with Crippen LogP contribution in [-0.2, 0) is 11.8 Å². The molecule has 1 amide bonds. The Morgan fingerprint density at radius 3 is 2.58 bits per heavy atom.